The Morgan fingerprint density at radius 3 is 2.69 bits per heavy atom. The number of hydrogen-bond donors (Lipinski definition) is 1. The van der Waals surface area contributed by atoms with Gasteiger partial charge in [0.25, 0.3) is 0 Å². The zero-order valence-electron chi connectivity index (χ0n) is 21.0. The average molecular weight is 548 g/mol. The highest BCUT2D eigenvalue weighted by atomic mass is 35.5. The number of ether oxygens (including phenoxy) is 2. The van der Waals surface area contributed by atoms with Crippen LogP contribution in [0.15, 0.2) is 0 Å². The lowest BCUT2D eigenvalue weighted by Gasteiger charge is -2.49. The number of sulfonamides is 1. The summed E-state index contributed by atoms with van der Waals surface area (Å²) in [6.07, 6.45) is 3.65. The standard InChI is InChI=1S/C25H39ClFN3O5S/c1-2-34-15-18-14-30(36(32,33)19-6-3-5-16(11-19)13-28)22-12-17(9-10-23(22)35-18)29-25(31)24-20(26)7-4-8-21(24)27/h16-24H,2-12,14-15H2,1H3,(H,29,31). The van der Waals surface area contributed by atoms with Crippen LogP contribution in [0, 0.1) is 23.2 Å². The maximum atomic E-state index is 14.5. The first-order chi connectivity index (χ1) is 17.2. The van der Waals surface area contributed by atoms with Crippen molar-refractivity contribution in [3.8, 4) is 6.07 Å². The van der Waals surface area contributed by atoms with Gasteiger partial charge in [0, 0.05) is 30.5 Å². The van der Waals surface area contributed by atoms with Crippen LogP contribution in [0.3, 0.4) is 0 Å². The van der Waals surface area contributed by atoms with Crippen LogP contribution >= 0.6 is 11.6 Å². The maximum absolute atomic E-state index is 14.5. The maximum Gasteiger partial charge on any atom is 0.227 e. The van der Waals surface area contributed by atoms with Crippen molar-refractivity contribution in [2.24, 2.45) is 11.8 Å². The van der Waals surface area contributed by atoms with Crippen molar-refractivity contribution in [2.75, 3.05) is 19.8 Å². The Kier molecular flexibility index (Phi) is 9.54. The molecule has 3 saturated carbocycles. The van der Waals surface area contributed by atoms with Gasteiger partial charge in [-0.25, -0.2) is 12.8 Å². The summed E-state index contributed by atoms with van der Waals surface area (Å²) >= 11 is 6.31. The van der Waals surface area contributed by atoms with Gasteiger partial charge in [-0.05, 0) is 64.7 Å². The number of halogens is 2. The SMILES string of the molecule is CCOCC1CN(S(=O)(=O)C2CCCC(C#N)C2)C2CC(NC(=O)C3C(F)CCCC3Cl)CCC2O1. The summed E-state index contributed by atoms with van der Waals surface area (Å²) in [7, 11) is -3.69. The molecule has 3 aliphatic carbocycles. The Hall–Kier alpha value is -0.990. The summed E-state index contributed by atoms with van der Waals surface area (Å²) in [5.41, 5.74) is 0. The molecule has 0 radical (unpaired) electrons. The molecule has 11 heteroatoms. The van der Waals surface area contributed by atoms with Crippen molar-refractivity contribution >= 4 is 27.5 Å². The first-order valence-corrected chi connectivity index (χ1v) is 15.4. The normalized spacial score (nSPS) is 40.1. The van der Waals surface area contributed by atoms with Crippen LogP contribution in [0.4, 0.5) is 4.39 Å². The molecule has 36 heavy (non-hydrogen) atoms. The van der Waals surface area contributed by atoms with E-state index in [0.29, 0.717) is 71.0 Å². The number of morpholine rings is 1. The highest BCUT2D eigenvalue weighted by Gasteiger charge is 2.49. The second-order valence-electron chi connectivity index (χ2n) is 10.8. The van der Waals surface area contributed by atoms with E-state index in [2.05, 4.69) is 11.4 Å². The monoisotopic (exact) mass is 547 g/mol. The number of nitrogens with one attached hydrogen (secondary N) is 1. The lowest BCUT2D eigenvalue weighted by Crippen LogP contribution is -2.63. The molecule has 9 unspecified atom stereocenters. The summed E-state index contributed by atoms with van der Waals surface area (Å²) < 4.78 is 55.7. The van der Waals surface area contributed by atoms with E-state index in [-0.39, 0.29) is 36.6 Å². The van der Waals surface area contributed by atoms with Crippen molar-refractivity contribution in [3.63, 3.8) is 0 Å². The molecule has 1 aliphatic heterocycles. The van der Waals surface area contributed by atoms with Crippen LogP contribution in [-0.4, -0.2) is 79.5 Å². The summed E-state index contributed by atoms with van der Waals surface area (Å²) in [5, 5.41) is 11.3. The minimum absolute atomic E-state index is 0.191. The van der Waals surface area contributed by atoms with Crippen LogP contribution in [0.2, 0.25) is 0 Å². The van der Waals surface area contributed by atoms with E-state index in [9.17, 15) is 22.9 Å². The second kappa shape index (κ2) is 12.2. The van der Waals surface area contributed by atoms with E-state index < -0.39 is 38.8 Å². The molecule has 4 rings (SSSR count). The van der Waals surface area contributed by atoms with Crippen molar-refractivity contribution in [1.29, 1.82) is 5.26 Å². The van der Waals surface area contributed by atoms with E-state index in [4.69, 9.17) is 21.1 Å². The molecule has 1 N–H and O–H groups in total. The van der Waals surface area contributed by atoms with Crippen LogP contribution in [0.5, 0.6) is 0 Å². The number of fused-ring (bicyclic) bond motifs is 1. The number of carbonyl (C=O) groups is 1. The number of hydrogen-bond acceptors (Lipinski definition) is 6. The molecule has 0 aromatic rings. The van der Waals surface area contributed by atoms with Gasteiger partial charge >= 0.3 is 0 Å². The second-order valence-corrected chi connectivity index (χ2v) is 13.5. The van der Waals surface area contributed by atoms with Gasteiger partial charge in [-0.1, -0.05) is 6.42 Å². The van der Waals surface area contributed by atoms with Gasteiger partial charge in [-0.3, -0.25) is 4.79 Å². The number of carbonyl (C=O) groups excluding carboxylic acids is 1. The van der Waals surface area contributed by atoms with Gasteiger partial charge in [-0.15, -0.1) is 11.6 Å². The number of alkyl halides is 2. The lowest BCUT2D eigenvalue weighted by atomic mass is 9.84. The zero-order valence-corrected chi connectivity index (χ0v) is 22.6. The summed E-state index contributed by atoms with van der Waals surface area (Å²) in [6, 6.07) is 1.55. The molecule has 8 nitrogen and oxygen atoms in total. The van der Waals surface area contributed by atoms with E-state index in [1.807, 2.05) is 6.92 Å². The Morgan fingerprint density at radius 1 is 1.19 bits per heavy atom. The quantitative estimate of drug-likeness (QED) is 0.490. The van der Waals surface area contributed by atoms with Crippen LogP contribution < -0.4 is 5.32 Å². The average Bonchev–Trinajstić information content (AvgIpc) is 2.87. The van der Waals surface area contributed by atoms with Gasteiger partial charge in [0.15, 0.2) is 0 Å². The molecule has 4 aliphatic rings. The van der Waals surface area contributed by atoms with Crippen molar-refractivity contribution in [1.82, 2.24) is 9.62 Å². The summed E-state index contributed by atoms with van der Waals surface area (Å²) in [6.45, 7) is 2.91. The first kappa shape index (κ1) is 28.0. The fraction of sp³-hybridized carbons (Fsp3) is 0.920. The number of nitriles is 1. The number of amides is 1. The molecule has 9 atom stereocenters. The lowest BCUT2D eigenvalue weighted by molar-refractivity contribution is -0.138. The number of rotatable bonds is 7. The molecular weight excluding hydrogens is 509 g/mol. The largest absolute Gasteiger partial charge is 0.379 e. The minimum atomic E-state index is -3.69. The minimum Gasteiger partial charge on any atom is -0.379 e. The topological polar surface area (TPSA) is 109 Å². The fourth-order valence-electron chi connectivity index (χ4n) is 6.42. The van der Waals surface area contributed by atoms with Gasteiger partial charge < -0.3 is 14.8 Å². The molecule has 1 heterocycles. The molecule has 204 valence electrons. The molecule has 4 fully saturated rings. The smallest absolute Gasteiger partial charge is 0.227 e. The highest BCUT2D eigenvalue weighted by Crippen LogP contribution is 2.38. The van der Waals surface area contributed by atoms with E-state index >= 15 is 0 Å². The van der Waals surface area contributed by atoms with Crippen LogP contribution in [0.25, 0.3) is 0 Å². The van der Waals surface area contributed by atoms with E-state index in [1.165, 1.54) is 0 Å². The van der Waals surface area contributed by atoms with Crippen molar-refractivity contribution in [3.05, 3.63) is 0 Å². The molecule has 0 bridgehead atoms. The van der Waals surface area contributed by atoms with Gasteiger partial charge in [0.2, 0.25) is 15.9 Å². The molecule has 0 aromatic heterocycles. The Labute approximate surface area is 219 Å². The summed E-state index contributed by atoms with van der Waals surface area (Å²) in [5.74, 6) is -1.50. The highest BCUT2D eigenvalue weighted by molar-refractivity contribution is 7.89. The fourth-order valence-corrected chi connectivity index (χ4v) is 9.14. The van der Waals surface area contributed by atoms with Crippen LogP contribution in [0.1, 0.15) is 71.1 Å². The Morgan fingerprint density at radius 2 is 1.97 bits per heavy atom. The third-order valence-electron chi connectivity index (χ3n) is 8.33. The van der Waals surface area contributed by atoms with E-state index in [0.717, 1.165) is 6.42 Å². The molecule has 0 spiro atoms. The van der Waals surface area contributed by atoms with Crippen LogP contribution in [-0.2, 0) is 24.3 Å². The molecular formula is C25H39ClFN3O5S. The predicted molar refractivity (Wildman–Crippen MR) is 134 cm³/mol. The summed E-state index contributed by atoms with van der Waals surface area (Å²) in [4.78, 5) is 13.0. The van der Waals surface area contributed by atoms with Crippen molar-refractivity contribution < 1.29 is 27.1 Å². The Bertz CT molecular complexity index is 908. The Balaban J connectivity index is 1.50. The number of nitrogens with zero attached hydrogens (tertiary/aromatic N) is 2. The zero-order chi connectivity index (χ0) is 25.9. The van der Waals surface area contributed by atoms with Gasteiger partial charge in [0.05, 0.1) is 42.1 Å². The molecule has 1 amide bonds. The predicted octanol–water partition coefficient (Wildman–Crippen LogP) is 3.29. The molecule has 0 aromatic carbocycles. The van der Waals surface area contributed by atoms with Gasteiger partial charge in [0.1, 0.15) is 6.17 Å². The first-order valence-electron chi connectivity index (χ1n) is 13.5. The van der Waals surface area contributed by atoms with Crippen molar-refractivity contribution in [2.45, 2.75) is 112 Å². The third kappa shape index (κ3) is 6.17. The van der Waals surface area contributed by atoms with E-state index in [1.54, 1.807) is 4.31 Å². The molecule has 1 saturated heterocycles. The van der Waals surface area contributed by atoms with Gasteiger partial charge in [-0.2, -0.15) is 9.57 Å². The third-order valence-corrected chi connectivity index (χ3v) is 11.2.